The molecule has 4 unspecified atom stereocenters. The maximum atomic E-state index is 12.7. The van der Waals surface area contributed by atoms with Gasteiger partial charge in [0.2, 0.25) is 0 Å². The number of morpholine rings is 1. The Morgan fingerprint density at radius 3 is 2.28 bits per heavy atom. The molecule has 9 heteroatoms. The van der Waals surface area contributed by atoms with Gasteiger partial charge in [-0.1, -0.05) is 34.6 Å². The van der Waals surface area contributed by atoms with Crippen LogP contribution in [0.4, 0.5) is 0 Å². The van der Waals surface area contributed by atoms with Crippen molar-refractivity contribution in [3.63, 3.8) is 0 Å². The molecule has 2 spiro atoms. The smallest absolute Gasteiger partial charge is 0.170 e. The third-order valence-corrected chi connectivity index (χ3v) is 18.7. The van der Waals surface area contributed by atoms with E-state index in [0.717, 1.165) is 45.8 Å². The number of likely N-dealkylation sites (tertiary alicyclic amines) is 1. The maximum Gasteiger partial charge on any atom is 0.170 e. The highest BCUT2D eigenvalue weighted by Gasteiger charge is 2.84. The molecule has 0 bridgehead atoms. The highest BCUT2D eigenvalue weighted by atomic mass is 16.7. The van der Waals surface area contributed by atoms with Crippen LogP contribution in [0.2, 0.25) is 0 Å². The molecular weight excluding hydrogens is 668 g/mol. The van der Waals surface area contributed by atoms with E-state index in [4.69, 9.17) is 23.7 Å². The molecule has 5 aliphatic carbocycles. The molecule has 0 aromatic heterocycles. The van der Waals surface area contributed by atoms with Crippen molar-refractivity contribution in [2.24, 2.45) is 50.7 Å². The van der Waals surface area contributed by atoms with Crippen LogP contribution in [-0.2, 0) is 23.7 Å². The Bertz CT molecular complexity index is 1360. The zero-order valence-electron chi connectivity index (χ0n) is 34.5. The first kappa shape index (κ1) is 38.2. The van der Waals surface area contributed by atoms with E-state index in [9.17, 15) is 10.2 Å². The summed E-state index contributed by atoms with van der Waals surface area (Å²) >= 11 is 0. The molecule has 4 aliphatic heterocycles. The second-order valence-corrected chi connectivity index (χ2v) is 21.5. The summed E-state index contributed by atoms with van der Waals surface area (Å²) in [5, 5.41) is 23.8. The first-order valence-corrected chi connectivity index (χ1v) is 22.1. The van der Waals surface area contributed by atoms with Crippen LogP contribution in [0.15, 0.2) is 0 Å². The summed E-state index contributed by atoms with van der Waals surface area (Å²) in [6.45, 7) is 25.5. The Morgan fingerprint density at radius 1 is 0.887 bits per heavy atom. The first-order chi connectivity index (χ1) is 25.1. The van der Waals surface area contributed by atoms with Crippen LogP contribution in [0.5, 0.6) is 0 Å². The second kappa shape index (κ2) is 13.1. The Hall–Kier alpha value is -0.360. The number of aliphatic hydroxyl groups excluding tert-OH is 1. The minimum atomic E-state index is -1.01. The predicted molar refractivity (Wildman–Crippen MR) is 203 cm³/mol. The van der Waals surface area contributed by atoms with E-state index in [0.29, 0.717) is 53.2 Å². The van der Waals surface area contributed by atoms with E-state index in [2.05, 4.69) is 44.4 Å². The first-order valence-electron chi connectivity index (χ1n) is 22.1. The van der Waals surface area contributed by atoms with Crippen molar-refractivity contribution in [2.45, 2.75) is 174 Å². The lowest BCUT2D eigenvalue weighted by Gasteiger charge is -2.64. The van der Waals surface area contributed by atoms with Crippen molar-refractivity contribution in [1.29, 1.82) is 0 Å². The quantitative estimate of drug-likeness (QED) is 0.317. The van der Waals surface area contributed by atoms with Gasteiger partial charge in [-0.05, 0) is 130 Å². The number of ether oxygens (including phenoxy) is 5. The molecule has 5 saturated carbocycles. The summed E-state index contributed by atoms with van der Waals surface area (Å²) in [5.74, 6) is 1.84. The lowest BCUT2D eigenvalue weighted by atomic mass is 9.41. The topological polar surface area (TPSA) is 93.1 Å². The van der Waals surface area contributed by atoms with Gasteiger partial charge in [0.25, 0.3) is 0 Å². The van der Waals surface area contributed by atoms with Crippen LogP contribution >= 0.6 is 0 Å². The fraction of sp³-hybridized carbons (Fsp3) is 1.00. The second-order valence-electron chi connectivity index (χ2n) is 21.5. The highest BCUT2D eigenvalue weighted by molar-refractivity contribution is 5.33. The van der Waals surface area contributed by atoms with Gasteiger partial charge in [-0.15, -0.1) is 0 Å². The number of rotatable bonds is 8. The third-order valence-electron chi connectivity index (χ3n) is 18.7. The molecule has 9 nitrogen and oxygen atoms in total. The van der Waals surface area contributed by atoms with Crippen LogP contribution in [0.3, 0.4) is 0 Å². The molecule has 0 radical (unpaired) electrons. The number of piperidine rings is 1. The van der Waals surface area contributed by atoms with Gasteiger partial charge >= 0.3 is 0 Å². The summed E-state index contributed by atoms with van der Waals surface area (Å²) < 4.78 is 32.1. The molecule has 0 aromatic rings. The molecule has 53 heavy (non-hydrogen) atoms. The summed E-state index contributed by atoms with van der Waals surface area (Å²) in [5.41, 5.74) is -0.455. The SMILES string of the molecule is CCO[C@@H](C1C[C@@H](C)[C@H]2C(O1)[C@H](O)[C@@]1(C)C3CC[C@H]4C(C)(C)[C@@H](O[C@H]5CN(C6CCN(C7COC7)CC6)CCO5)CCC45C[C@@]35CC[C@]21C)C(C)(C)O. The minimum Gasteiger partial charge on any atom is -0.390 e. The Morgan fingerprint density at radius 2 is 1.60 bits per heavy atom. The molecule has 0 aromatic carbocycles. The van der Waals surface area contributed by atoms with Crippen molar-refractivity contribution < 1.29 is 33.9 Å². The van der Waals surface area contributed by atoms with Crippen LogP contribution in [-0.4, -0.2) is 127 Å². The average molecular weight is 743 g/mol. The molecule has 14 atom stereocenters. The largest absolute Gasteiger partial charge is 0.390 e. The number of hydrogen-bond donors (Lipinski definition) is 2. The Balaban J connectivity index is 0.892. The van der Waals surface area contributed by atoms with Crippen LogP contribution in [0, 0.1) is 50.7 Å². The summed E-state index contributed by atoms with van der Waals surface area (Å²) in [6.07, 6.45) is 10.6. The van der Waals surface area contributed by atoms with Crippen molar-refractivity contribution in [3.05, 3.63) is 0 Å². The zero-order valence-corrected chi connectivity index (χ0v) is 34.5. The molecule has 302 valence electrons. The van der Waals surface area contributed by atoms with Crippen molar-refractivity contribution >= 4 is 0 Å². The number of aliphatic hydroxyl groups is 2. The van der Waals surface area contributed by atoms with Gasteiger partial charge in [-0.2, -0.15) is 0 Å². The van der Waals surface area contributed by atoms with Crippen molar-refractivity contribution in [3.8, 4) is 0 Å². The van der Waals surface area contributed by atoms with Gasteiger partial charge in [-0.25, -0.2) is 0 Å². The van der Waals surface area contributed by atoms with Gasteiger partial charge < -0.3 is 33.9 Å². The summed E-state index contributed by atoms with van der Waals surface area (Å²) in [7, 11) is 0. The van der Waals surface area contributed by atoms with E-state index >= 15 is 0 Å². The molecule has 4 heterocycles. The Labute approximate surface area is 320 Å². The van der Waals surface area contributed by atoms with Gasteiger partial charge in [0.15, 0.2) is 6.29 Å². The fourth-order valence-corrected chi connectivity index (χ4v) is 16.0. The van der Waals surface area contributed by atoms with Gasteiger partial charge in [0.05, 0.1) is 55.9 Å². The van der Waals surface area contributed by atoms with E-state index < -0.39 is 17.8 Å². The molecular formula is C44H74N2O7. The summed E-state index contributed by atoms with van der Waals surface area (Å²) in [4.78, 5) is 5.32. The maximum absolute atomic E-state index is 12.7. The van der Waals surface area contributed by atoms with Crippen LogP contribution in [0.1, 0.15) is 120 Å². The minimum absolute atomic E-state index is 0.0199. The molecule has 4 saturated heterocycles. The van der Waals surface area contributed by atoms with Gasteiger partial charge in [0, 0.05) is 44.2 Å². The Kier molecular flexibility index (Phi) is 9.42. The zero-order chi connectivity index (χ0) is 37.3. The third kappa shape index (κ3) is 5.46. The van der Waals surface area contributed by atoms with Crippen molar-refractivity contribution in [1.82, 2.24) is 9.80 Å². The highest BCUT2D eigenvalue weighted by Crippen LogP contribution is 2.89. The van der Waals surface area contributed by atoms with E-state index in [-0.39, 0.29) is 40.8 Å². The number of hydrogen-bond acceptors (Lipinski definition) is 9. The monoisotopic (exact) mass is 743 g/mol. The standard InChI is InChI=1S/C44H74N2O7/c1-9-50-38(40(5,6)48)30-22-27(2)35-36(52-30)37(47)42(8)32-11-10-31-39(3,4)33(12-15-43(31)26-44(32,43)17-16-41(35,42)7)53-34-23-46(20-21-51-34)28-13-18-45(19-14-28)29-24-49-25-29/h27-38,47-48H,9-26H2,1-8H3/t27-,30?,31+,32?,33+,34+,35+,36?,37+,38+,41-,42-,43?,44+/m1/s1. The molecule has 2 N–H and O–H groups in total. The molecule has 9 rings (SSSR count). The number of nitrogens with zero attached hydrogens (tertiary/aromatic N) is 2. The molecule has 9 aliphatic rings. The molecule has 9 fully saturated rings. The lowest BCUT2D eigenvalue weighted by Crippen LogP contribution is -2.60. The summed E-state index contributed by atoms with van der Waals surface area (Å²) in [6, 6.07) is 1.28. The molecule has 0 amide bonds. The van der Waals surface area contributed by atoms with Gasteiger partial charge in [-0.3, -0.25) is 9.80 Å². The van der Waals surface area contributed by atoms with Crippen molar-refractivity contribution in [2.75, 3.05) is 52.6 Å². The van der Waals surface area contributed by atoms with E-state index in [1.54, 1.807) is 0 Å². The van der Waals surface area contributed by atoms with Gasteiger partial charge in [0.1, 0.15) is 6.10 Å². The predicted octanol–water partition coefficient (Wildman–Crippen LogP) is 5.88. The fourth-order valence-electron chi connectivity index (χ4n) is 16.0. The van der Waals surface area contributed by atoms with Crippen LogP contribution < -0.4 is 0 Å². The van der Waals surface area contributed by atoms with E-state index in [1.807, 2.05) is 20.8 Å². The van der Waals surface area contributed by atoms with E-state index in [1.165, 1.54) is 64.5 Å². The number of fused-ring (bicyclic) bond motifs is 4. The lowest BCUT2D eigenvalue weighted by molar-refractivity contribution is -0.252. The average Bonchev–Trinajstić information content (AvgIpc) is 3.72. The normalized spacial score (nSPS) is 50.9. The van der Waals surface area contributed by atoms with Crippen LogP contribution in [0.25, 0.3) is 0 Å².